The molecule has 3 rings (SSSR count). The SMILES string of the molecule is CC(O)C1CCCCN1C(=O)c1ccc(N2CCCC2)nc1. The Morgan fingerprint density at radius 1 is 1.23 bits per heavy atom. The largest absolute Gasteiger partial charge is 0.391 e. The van der Waals surface area contributed by atoms with Gasteiger partial charge in [-0.3, -0.25) is 4.79 Å². The zero-order valence-electron chi connectivity index (χ0n) is 13.2. The van der Waals surface area contributed by atoms with Crippen LogP contribution in [0.3, 0.4) is 0 Å². The van der Waals surface area contributed by atoms with Crippen molar-refractivity contribution in [1.29, 1.82) is 0 Å². The highest BCUT2D eigenvalue weighted by Gasteiger charge is 2.30. The summed E-state index contributed by atoms with van der Waals surface area (Å²) in [5.41, 5.74) is 0.621. The van der Waals surface area contributed by atoms with E-state index in [0.29, 0.717) is 5.56 Å². The summed E-state index contributed by atoms with van der Waals surface area (Å²) in [6, 6.07) is 3.75. The van der Waals surface area contributed by atoms with Gasteiger partial charge in [0, 0.05) is 25.8 Å². The Bertz CT molecular complexity index is 509. The predicted octanol–water partition coefficient (Wildman–Crippen LogP) is 2.06. The molecule has 120 valence electrons. The second-order valence-electron chi connectivity index (χ2n) is 6.40. The molecule has 0 spiro atoms. The van der Waals surface area contributed by atoms with Gasteiger partial charge in [-0.15, -0.1) is 0 Å². The molecule has 2 saturated heterocycles. The molecule has 0 radical (unpaired) electrons. The maximum Gasteiger partial charge on any atom is 0.255 e. The Labute approximate surface area is 131 Å². The maximum absolute atomic E-state index is 12.7. The number of rotatable bonds is 3. The number of anilines is 1. The number of aliphatic hydroxyl groups is 1. The van der Waals surface area contributed by atoms with Crippen LogP contribution in [0.2, 0.25) is 0 Å². The van der Waals surface area contributed by atoms with E-state index in [4.69, 9.17) is 0 Å². The molecule has 2 unspecified atom stereocenters. The molecule has 2 fully saturated rings. The van der Waals surface area contributed by atoms with Gasteiger partial charge >= 0.3 is 0 Å². The summed E-state index contributed by atoms with van der Waals surface area (Å²) in [5, 5.41) is 9.91. The van der Waals surface area contributed by atoms with Crippen LogP contribution in [-0.4, -0.2) is 52.7 Å². The van der Waals surface area contributed by atoms with Crippen molar-refractivity contribution in [3.63, 3.8) is 0 Å². The first-order valence-electron chi connectivity index (χ1n) is 8.37. The second kappa shape index (κ2) is 6.65. The van der Waals surface area contributed by atoms with E-state index >= 15 is 0 Å². The number of nitrogens with zero attached hydrogens (tertiary/aromatic N) is 3. The van der Waals surface area contributed by atoms with Crippen LogP contribution >= 0.6 is 0 Å². The Morgan fingerprint density at radius 2 is 1.95 bits per heavy atom. The number of amides is 1. The lowest BCUT2D eigenvalue weighted by Crippen LogP contribution is -2.48. The number of likely N-dealkylation sites (tertiary alicyclic amines) is 1. The lowest BCUT2D eigenvalue weighted by atomic mass is 9.97. The Balaban J connectivity index is 1.73. The van der Waals surface area contributed by atoms with E-state index in [0.717, 1.165) is 44.7 Å². The van der Waals surface area contributed by atoms with Crippen molar-refractivity contribution in [1.82, 2.24) is 9.88 Å². The number of hydrogen-bond donors (Lipinski definition) is 1. The summed E-state index contributed by atoms with van der Waals surface area (Å²) < 4.78 is 0. The van der Waals surface area contributed by atoms with E-state index in [1.165, 1.54) is 12.8 Å². The van der Waals surface area contributed by atoms with Gasteiger partial charge < -0.3 is 14.9 Å². The highest BCUT2D eigenvalue weighted by atomic mass is 16.3. The first-order chi connectivity index (χ1) is 10.7. The molecule has 3 heterocycles. The van der Waals surface area contributed by atoms with Crippen LogP contribution < -0.4 is 4.90 Å². The lowest BCUT2D eigenvalue weighted by Gasteiger charge is -2.37. The normalized spacial score (nSPS) is 23.6. The number of piperidine rings is 1. The number of carbonyl (C=O) groups is 1. The van der Waals surface area contributed by atoms with Crippen LogP contribution in [0.25, 0.3) is 0 Å². The molecular formula is C17H25N3O2. The number of pyridine rings is 1. The van der Waals surface area contributed by atoms with Crippen molar-refractivity contribution >= 4 is 11.7 Å². The van der Waals surface area contributed by atoms with E-state index in [2.05, 4.69) is 9.88 Å². The molecule has 0 saturated carbocycles. The molecule has 2 aliphatic heterocycles. The van der Waals surface area contributed by atoms with E-state index in [1.54, 1.807) is 13.1 Å². The fraction of sp³-hybridized carbons (Fsp3) is 0.647. The Morgan fingerprint density at radius 3 is 2.59 bits per heavy atom. The molecule has 0 aromatic carbocycles. The minimum atomic E-state index is -0.485. The first kappa shape index (κ1) is 15.3. The zero-order valence-corrected chi connectivity index (χ0v) is 13.2. The van der Waals surface area contributed by atoms with Crippen LogP contribution in [0.15, 0.2) is 18.3 Å². The smallest absolute Gasteiger partial charge is 0.255 e. The summed E-state index contributed by atoms with van der Waals surface area (Å²) in [5.74, 6) is 0.950. The van der Waals surface area contributed by atoms with E-state index in [9.17, 15) is 9.90 Å². The third kappa shape index (κ3) is 3.09. The van der Waals surface area contributed by atoms with Crippen LogP contribution in [0, 0.1) is 0 Å². The van der Waals surface area contributed by atoms with Crippen molar-refractivity contribution in [2.75, 3.05) is 24.5 Å². The van der Waals surface area contributed by atoms with E-state index in [-0.39, 0.29) is 11.9 Å². The molecule has 1 amide bonds. The molecule has 5 nitrogen and oxygen atoms in total. The van der Waals surface area contributed by atoms with Gasteiger partial charge in [0.25, 0.3) is 5.91 Å². The van der Waals surface area contributed by atoms with Crippen LogP contribution in [0.1, 0.15) is 49.4 Å². The first-order valence-corrected chi connectivity index (χ1v) is 8.37. The van der Waals surface area contributed by atoms with Crippen molar-refractivity contribution in [3.05, 3.63) is 23.9 Å². The fourth-order valence-electron chi connectivity index (χ4n) is 3.52. The van der Waals surface area contributed by atoms with Crippen LogP contribution in [-0.2, 0) is 0 Å². The standard InChI is InChI=1S/C17H25N3O2/c1-13(21)15-6-2-3-11-20(15)17(22)14-7-8-16(18-12-14)19-9-4-5-10-19/h7-8,12-13,15,21H,2-6,9-11H2,1H3. The number of hydrogen-bond acceptors (Lipinski definition) is 4. The highest BCUT2D eigenvalue weighted by Crippen LogP contribution is 2.23. The summed E-state index contributed by atoms with van der Waals surface area (Å²) >= 11 is 0. The van der Waals surface area contributed by atoms with E-state index in [1.807, 2.05) is 17.0 Å². The molecule has 1 N–H and O–H groups in total. The summed E-state index contributed by atoms with van der Waals surface area (Å²) in [6.45, 7) is 4.60. The Hall–Kier alpha value is -1.62. The second-order valence-corrected chi connectivity index (χ2v) is 6.40. The monoisotopic (exact) mass is 303 g/mol. The van der Waals surface area contributed by atoms with Gasteiger partial charge in [0.15, 0.2) is 0 Å². The predicted molar refractivity (Wildman–Crippen MR) is 86.0 cm³/mol. The summed E-state index contributed by atoms with van der Waals surface area (Å²) in [4.78, 5) is 21.2. The van der Waals surface area contributed by atoms with Gasteiger partial charge in [-0.05, 0) is 51.2 Å². The zero-order chi connectivity index (χ0) is 15.5. The summed E-state index contributed by atoms with van der Waals surface area (Å²) in [6.07, 6.45) is 6.59. The average molecular weight is 303 g/mol. The third-order valence-electron chi connectivity index (χ3n) is 4.79. The van der Waals surface area contributed by atoms with Crippen molar-refractivity contribution in [3.8, 4) is 0 Å². The topological polar surface area (TPSA) is 56.7 Å². The van der Waals surface area contributed by atoms with Crippen molar-refractivity contribution in [2.24, 2.45) is 0 Å². The summed E-state index contributed by atoms with van der Waals surface area (Å²) in [7, 11) is 0. The molecule has 1 aromatic rings. The third-order valence-corrected chi connectivity index (χ3v) is 4.79. The molecule has 2 atom stereocenters. The average Bonchev–Trinajstić information content (AvgIpc) is 3.09. The quantitative estimate of drug-likeness (QED) is 0.928. The molecule has 2 aliphatic rings. The van der Waals surface area contributed by atoms with Gasteiger partial charge in [0.05, 0.1) is 17.7 Å². The molecule has 0 bridgehead atoms. The van der Waals surface area contributed by atoms with Crippen LogP contribution in [0.4, 0.5) is 5.82 Å². The number of aliphatic hydroxyl groups excluding tert-OH is 1. The fourth-order valence-corrected chi connectivity index (χ4v) is 3.52. The van der Waals surface area contributed by atoms with Gasteiger partial charge in [0.1, 0.15) is 5.82 Å². The maximum atomic E-state index is 12.7. The van der Waals surface area contributed by atoms with E-state index < -0.39 is 6.10 Å². The van der Waals surface area contributed by atoms with Gasteiger partial charge in [-0.2, -0.15) is 0 Å². The number of carbonyl (C=O) groups excluding carboxylic acids is 1. The van der Waals surface area contributed by atoms with Gasteiger partial charge in [0.2, 0.25) is 0 Å². The molecular weight excluding hydrogens is 278 g/mol. The van der Waals surface area contributed by atoms with Crippen molar-refractivity contribution in [2.45, 2.75) is 51.2 Å². The highest BCUT2D eigenvalue weighted by molar-refractivity contribution is 5.94. The Kier molecular flexibility index (Phi) is 4.62. The molecule has 0 aliphatic carbocycles. The lowest BCUT2D eigenvalue weighted by molar-refractivity contribution is 0.0280. The molecule has 22 heavy (non-hydrogen) atoms. The van der Waals surface area contributed by atoms with Gasteiger partial charge in [-0.25, -0.2) is 4.98 Å². The molecule has 5 heteroatoms. The molecule has 1 aromatic heterocycles. The van der Waals surface area contributed by atoms with Gasteiger partial charge in [-0.1, -0.05) is 0 Å². The minimum Gasteiger partial charge on any atom is -0.391 e. The number of aromatic nitrogens is 1. The van der Waals surface area contributed by atoms with Crippen LogP contribution in [0.5, 0.6) is 0 Å². The van der Waals surface area contributed by atoms with Crippen molar-refractivity contribution < 1.29 is 9.90 Å². The minimum absolute atomic E-state index is 0.00827.